The first-order chi connectivity index (χ1) is 19.1. The van der Waals surface area contributed by atoms with E-state index in [1.54, 1.807) is 25.4 Å². The zero-order valence-electron chi connectivity index (χ0n) is 21.6. The Morgan fingerprint density at radius 3 is 2.67 bits per heavy atom. The van der Waals surface area contributed by atoms with E-state index < -0.39 is 0 Å². The molecule has 2 aromatic heterocycles. The molecular formula is C31H28N4O4. The van der Waals surface area contributed by atoms with Crippen molar-refractivity contribution in [1.29, 1.82) is 5.26 Å². The molecule has 39 heavy (non-hydrogen) atoms. The molecule has 8 nitrogen and oxygen atoms in total. The summed E-state index contributed by atoms with van der Waals surface area (Å²) in [6.07, 6.45) is 4.05. The third-order valence-corrected chi connectivity index (χ3v) is 8.27. The molecule has 1 amide bonds. The highest BCUT2D eigenvalue weighted by Gasteiger charge is 2.54. The number of nitrogens with one attached hydrogen (secondary N) is 1. The molecule has 196 valence electrons. The van der Waals surface area contributed by atoms with E-state index >= 15 is 0 Å². The Hall–Kier alpha value is -4.35. The van der Waals surface area contributed by atoms with Gasteiger partial charge in [0, 0.05) is 54.4 Å². The number of hydrogen-bond acceptors (Lipinski definition) is 7. The van der Waals surface area contributed by atoms with Crippen LogP contribution in [-0.2, 0) is 4.74 Å². The average Bonchev–Trinajstić information content (AvgIpc) is 3.52. The van der Waals surface area contributed by atoms with E-state index in [0.29, 0.717) is 45.6 Å². The number of fused-ring (bicyclic) bond motifs is 2. The normalized spacial score (nSPS) is 21.5. The van der Waals surface area contributed by atoms with Gasteiger partial charge in [-0.1, -0.05) is 6.07 Å². The lowest BCUT2D eigenvalue weighted by Crippen LogP contribution is -2.29. The molecule has 0 spiro atoms. The number of nitrogens with zero attached hydrogens (tertiary/aromatic N) is 3. The van der Waals surface area contributed by atoms with Crippen molar-refractivity contribution in [3.05, 3.63) is 65.9 Å². The van der Waals surface area contributed by atoms with Crippen molar-refractivity contribution in [2.24, 2.45) is 11.8 Å². The van der Waals surface area contributed by atoms with Crippen LogP contribution in [0.1, 0.15) is 28.8 Å². The quantitative estimate of drug-likeness (QED) is 0.381. The molecule has 8 heteroatoms. The molecule has 0 radical (unpaired) electrons. The van der Waals surface area contributed by atoms with Crippen molar-refractivity contribution in [2.45, 2.75) is 18.9 Å². The van der Waals surface area contributed by atoms with Crippen LogP contribution in [-0.4, -0.2) is 50.3 Å². The standard InChI is InChI=1S/C31H28N4O4/c1-37-27-13-19(31(36)34-29-23-16-38-17-24(23)29)4-6-22(27)28-14-25-30(39-28)21(8-9-33-25)18-5-7-26(20(12-18)15-32)35-10-2-3-11-35/h4-9,12-14,23-24,29H,2-3,10-11,16-17H2,1H3,(H,34,36). The molecule has 3 aliphatic rings. The minimum atomic E-state index is -0.113. The molecule has 2 atom stereocenters. The van der Waals surface area contributed by atoms with Crippen LogP contribution >= 0.6 is 0 Å². The van der Waals surface area contributed by atoms with Crippen LogP contribution in [0.15, 0.2) is 59.1 Å². The predicted molar refractivity (Wildman–Crippen MR) is 147 cm³/mol. The molecule has 2 unspecified atom stereocenters. The van der Waals surface area contributed by atoms with E-state index in [-0.39, 0.29) is 11.9 Å². The van der Waals surface area contributed by atoms with Gasteiger partial charge in [-0.3, -0.25) is 9.78 Å². The van der Waals surface area contributed by atoms with Crippen molar-refractivity contribution in [3.63, 3.8) is 0 Å². The van der Waals surface area contributed by atoms with Crippen molar-refractivity contribution < 1.29 is 18.7 Å². The van der Waals surface area contributed by atoms with E-state index in [2.05, 4.69) is 21.3 Å². The lowest BCUT2D eigenvalue weighted by Gasteiger charge is -2.19. The molecule has 1 saturated carbocycles. The molecule has 2 aromatic carbocycles. The van der Waals surface area contributed by atoms with Gasteiger partial charge in [-0.05, 0) is 54.8 Å². The number of amides is 1. The number of benzene rings is 2. The van der Waals surface area contributed by atoms with E-state index in [4.69, 9.17) is 13.9 Å². The fourth-order valence-electron chi connectivity index (χ4n) is 6.05. The highest BCUT2D eigenvalue weighted by molar-refractivity contribution is 5.97. The maximum atomic E-state index is 12.9. The summed E-state index contributed by atoms with van der Waals surface area (Å²) >= 11 is 0. The fraction of sp³-hybridized carbons (Fsp3) is 0.323. The van der Waals surface area contributed by atoms with Gasteiger partial charge in [-0.2, -0.15) is 5.26 Å². The number of carbonyl (C=O) groups is 1. The smallest absolute Gasteiger partial charge is 0.251 e. The van der Waals surface area contributed by atoms with Gasteiger partial charge in [0.25, 0.3) is 5.91 Å². The number of furan rings is 1. The maximum Gasteiger partial charge on any atom is 0.251 e. The first-order valence-corrected chi connectivity index (χ1v) is 13.4. The number of anilines is 1. The van der Waals surface area contributed by atoms with Gasteiger partial charge >= 0.3 is 0 Å². The fourth-order valence-corrected chi connectivity index (χ4v) is 6.05. The highest BCUT2D eigenvalue weighted by Crippen LogP contribution is 2.44. The molecule has 1 aliphatic carbocycles. The van der Waals surface area contributed by atoms with Crippen molar-refractivity contribution >= 4 is 22.7 Å². The van der Waals surface area contributed by atoms with Crippen LogP contribution in [0.25, 0.3) is 33.6 Å². The van der Waals surface area contributed by atoms with Crippen molar-refractivity contribution in [1.82, 2.24) is 10.3 Å². The Balaban J connectivity index is 1.20. The second-order valence-corrected chi connectivity index (χ2v) is 10.5. The number of carbonyl (C=O) groups excluding carboxylic acids is 1. The summed E-state index contributed by atoms with van der Waals surface area (Å²) in [4.78, 5) is 19.7. The summed E-state index contributed by atoms with van der Waals surface area (Å²) in [5.74, 6) is 1.90. The van der Waals surface area contributed by atoms with E-state index in [9.17, 15) is 10.1 Å². The average molecular weight is 521 g/mol. The van der Waals surface area contributed by atoms with Crippen LogP contribution in [0, 0.1) is 23.2 Å². The van der Waals surface area contributed by atoms with Crippen molar-refractivity contribution in [3.8, 4) is 34.3 Å². The van der Waals surface area contributed by atoms with Gasteiger partial charge in [0.1, 0.15) is 23.1 Å². The molecule has 1 N–H and O–H groups in total. The van der Waals surface area contributed by atoms with Crippen LogP contribution < -0.4 is 15.0 Å². The van der Waals surface area contributed by atoms with E-state index in [1.165, 1.54) is 0 Å². The topological polar surface area (TPSA) is 101 Å². The summed E-state index contributed by atoms with van der Waals surface area (Å²) in [6, 6.07) is 17.7. The molecule has 4 heterocycles. The Bertz CT molecular complexity index is 1620. The third-order valence-electron chi connectivity index (χ3n) is 8.27. The lowest BCUT2D eigenvalue weighted by atomic mass is 10.0. The molecular weight excluding hydrogens is 492 g/mol. The summed E-state index contributed by atoms with van der Waals surface area (Å²) in [6.45, 7) is 3.41. The predicted octanol–water partition coefficient (Wildman–Crippen LogP) is 5.02. The number of nitriles is 1. The van der Waals surface area contributed by atoms with Crippen LogP contribution in [0.3, 0.4) is 0 Å². The summed E-state index contributed by atoms with van der Waals surface area (Å²) in [5, 5.41) is 13.0. The van der Waals surface area contributed by atoms with Crippen LogP contribution in [0.5, 0.6) is 5.75 Å². The number of rotatable bonds is 6. The SMILES string of the molecule is COc1cc(C(=O)NC2C3COCC32)ccc1-c1cc2nccc(-c3ccc(N4CCCC4)c(C#N)c3)c2o1. The lowest BCUT2D eigenvalue weighted by molar-refractivity contribution is 0.0928. The summed E-state index contributed by atoms with van der Waals surface area (Å²) in [5.41, 5.74) is 6.02. The Morgan fingerprint density at radius 1 is 1.08 bits per heavy atom. The molecule has 2 aliphatic heterocycles. The molecule has 2 saturated heterocycles. The van der Waals surface area contributed by atoms with E-state index in [0.717, 1.165) is 61.5 Å². The van der Waals surface area contributed by atoms with Crippen LogP contribution in [0.2, 0.25) is 0 Å². The van der Waals surface area contributed by atoms with Crippen molar-refractivity contribution in [2.75, 3.05) is 38.3 Å². The molecule has 0 bridgehead atoms. The largest absolute Gasteiger partial charge is 0.496 e. The zero-order chi connectivity index (χ0) is 26.5. The summed E-state index contributed by atoms with van der Waals surface area (Å²) < 4.78 is 17.4. The van der Waals surface area contributed by atoms with Gasteiger partial charge in [-0.15, -0.1) is 0 Å². The van der Waals surface area contributed by atoms with Gasteiger partial charge in [0.15, 0.2) is 5.58 Å². The molecule has 4 aromatic rings. The van der Waals surface area contributed by atoms with E-state index in [1.807, 2.05) is 36.4 Å². The first kappa shape index (κ1) is 23.7. The number of pyridine rings is 1. The second kappa shape index (κ2) is 9.44. The molecule has 3 fully saturated rings. The monoisotopic (exact) mass is 520 g/mol. The second-order valence-electron chi connectivity index (χ2n) is 10.5. The molecule has 7 rings (SSSR count). The van der Waals surface area contributed by atoms with Gasteiger partial charge < -0.3 is 24.1 Å². The number of ether oxygens (including phenoxy) is 2. The van der Waals surface area contributed by atoms with Gasteiger partial charge in [-0.25, -0.2) is 0 Å². The minimum Gasteiger partial charge on any atom is -0.496 e. The van der Waals surface area contributed by atoms with Gasteiger partial charge in [0.2, 0.25) is 0 Å². The minimum absolute atomic E-state index is 0.113. The zero-order valence-corrected chi connectivity index (χ0v) is 21.6. The summed E-state index contributed by atoms with van der Waals surface area (Å²) in [7, 11) is 1.58. The first-order valence-electron chi connectivity index (χ1n) is 13.4. The number of aromatic nitrogens is 1. The Labute approximate surface area is 226 Å². The highest BCUT2D eigenvalue weighted by atomic mass is 16.5. The Kier molecular flexibility index (Phi) is 5.75. The third kappa shape index (κ3) is 4.10. The van der Waals surface area contributed by atoms with Crippen LogP contribution in [0.4, 0.5) is 5.69 Å². The maximum absolute atomic E-state index is 12.9. The number of hydrogen-bond donors (Lipinski definition) is 1. The Morgan fingerprint density at radius 2 is 1.90 bits per heavy atom. The number of methoxy groups -OCH3 is 1. The van der Waals surface area contributed by atoms with Gasteiger partial charge in [0.05, 0.1) is 37.1 Å².